The van der Waals surface area contributed by atoms with Crippen molar-refractivity contribution in [2.24, 2.45) is 5.92 Å². The second kappa shape index (κ2) is 3.14. The van der Waals surface area contributed by atoms with Crippen LogP contribution in [0.1, 0.15) is 34.1 Å². The summed E-state index contributed by atoms with van der Waals surface area (Å²) in [6.45, 7) is 0. The molecule has 2 aromatic carbocycles. The summed E-state index contributed by atoms with van der Waals surface area (Å²) >= 11 is 0. The van der Waals surface area contributed by atoms with Gasteiger partial charge in [0.25, 0.3) is 0 Å². The lowest BCUT2D eigenvalue weighted by Gasteiger charge is -2.15. The number of carbonyl (C=O) groups excluding carboxylic acids is 1. The lowest BCUT2D eigenvalue weighted by atomic mass is 9.90. The van der Waals surface area contributed by atoms with Crippen LogP contribution in [0.25, 0.3) is 0 Å². The second-order valence-electron chi connectivity index (χ2n) is 6.06. The molecule has 1 saturated carbocycles. The molecule has 0 saturated heterocycles. The van der Waals surface area contributed by atoms with E-state index in [-0.39, 0.29) is 5.97 Å². The average Bonchev–Trinajstić information content (AvgIpc) is 2.96. The van der Waals surface area contributed by atoms with Crippen LogP contribution in [0.5, 0.6) is 0 Å². The van der Waals surface area contributed by atoms with E-state index in [1.54, 1.807) is 0 Å². The van der Waals surface area contributed by atoms with Crippen molar-refractivity contribution in [3.05, 3.63) is 70.8 Å². The van der Waals surface area contributed by atoms with E-state index in [2.05, 4.69) is 42.5 Å². The van der Waals surface area contributed by atoms with Crippen LogP contribution in [0.2, 0.25) is 0 Å². The number of carbonyl (C=O) groups is 1. The molecule has 2 aromatic rings. The highest BCUT2D eigenvalue weighted by Gasteiger charge is 2.81. The molecule has 2 nitrogen and oxygen atoms in total. The van der Waals surface area contributed by atoms with E-state index in [1.807, 2.05) is 6.07 Å². The fraction of sp³-hybridized carbons (Fsp3) is 0.278. The van der Waals surface area contributed by atoms with E-state index in [0.29, 0.717) is 17.8 Å². The number of benzene rings is 2. The predicted molar refractivity (Wildman–Crippen MR) is 74.7 cm³/mol. The molecule has 0 bridgehead atoms. The maximum absolute atomic E-state index is 12.5. The Kier molecular flexibility index (Phi) is 1.68. The Morgan fingerprint density at radius 2 is 1.65 bits per heavy atom. The Labute approximate surface area is 117 Å². The van der Waals surface area contributed by atoms with E-state index in [1.165, 1.54) is 29.4 Å². The van der Waals surface area contributed by atoms with E-state index < -0.39 is 5.41 Å². The number of rotatable bonds is 1. The lowest BCUT2D eigenvalue weighted by Crippen LogP contribution is -2.25. The summed E-state index contributed by atoms with van der Waals surface area (Å²) in [4.78, 5) is 12.5. The minimum Gasteiger partial charge on any atom is -0.468 e. The number of methoxy groups -OCH3 is 1. The molecule has 0 aliphatic heterocycles. The third kappa shape index (κ3) is 0.866. The van der Waals surface area contributed by atoms with Crippen molar-refractivity contribution in [1.29, 1.82) is 0 Å². The number of hydrogen-bond donors (Lipinski definition) is 0. The number of esters is 1. The molecule has 0 amide bonds. The number of hydrogen-bond acceptors (Lipinski definition) is 2. The van der Waals surface area contributed by atoms with Crippen molar-refractivity contribution < 1.29 is 9.53 Å². The fourth-order valence-electron chi connectivity index (χ4n) is 4.97. The molecule has 5 rings (SSSR count). The van der Waals surface area contributed by atoms with Crippen molar-refractivity contribution in [2.75, 3.05) is 7.11 Å². The third-order valence-electron chi connectivity index (χ3n) is 5.56. The van der Waals surface area contributed by atoms with Crippen molar-refractivity contribution in [3.63, 3.8) is 0 Å². The molecule has 3 aliphatic carbocycles. The van der Waals surface area contributed by atoms with E-state index in [0.717, 1.165) is 0 Å². The van der Waals surface area contributed by atoms with Crippen molar-refractivity contribution in [2.45, 2.75) is 17.3 Å². The molecule has 0 spiro atoms. The van der Waals surface area contributed by atoms with Gasteiger partial charge in [0.2, 0.25) is 0 Å². The van der Waals surface area contributed by atoms with Crippen LogP contribution in [0, 0.1) is 5.92 Å². The predicted octanol–water partition coefficient (Wildman–Crippen LogP) is 2.97. The average molecular weight is 262 g/mol. The molecule has 0 N–H and O–H groups in total. The Bertz CT molecular complexity index is 764. The molecule has 3 unspecified atom stereocenters. The first-order valence-electron chi connectivity index (χ1n) is 7.08. The molecule has 0 radical (unpaired) electrons. The van der Waals surface area contributed by atoms with Gasteiger partial charge in [-0.3, -0.25) is 4.79 Å². The van der Waals surface area contributed by atoms with Crippen LogP contribution in [0.4, 0.5) is 0 Å². The molecule has 1 fully saturated rings. The van der Waals surface area contributed by atoms with Crippen LogP contribution in [0.15, 0.2) is 48.5 Å². The highest BCUT2D eigenvalue weighted by molar-refractivity contribution is 5.95. The van der Waals surface area contributed by atoms with Gasteiger partial charge in [-0.25, -0.2) is 0 Å². The molecule has 98 valence electrons. The summed E-state index contributed by atoms with van der Waals surface area (Å²) in [7, 11) is 1.51. The zero-order valence-electron chi connectivity index (χ0n) is 11.2. The minimum atomic E-state index is -0.398. The second-order valence-corrected chi connectivity index (χ2v) is 6.06. The zero-order valence-corrected chi connectivity index (χ0v) is 11.2. The van der Waals surface area contributed by atoms with Crippen LogP contribution in [0.3, 0.4) is 0 Å². The summed E-state index contributed by atoms with van der Waals surface area (Å²) in [6, 6.07) is 17.0. The number of ether oxygens (including phenoxy) is 1. The van der Waals surface area contributed by atoms with Gasteiger partial charge in [-0.05, 0) is 28.2 Å². The molecular formula is C18H14O2. The Morgan fingerprint density at radius 3 is 2.40 bits per heavy atom. The summed E-state index contributed by atoms with van der Waals surface area (Å²) in [6.07, 6.45) is 0. The summed E-state index contributed by atoms with van der Waals surface area (Å²) < 4.78 is 5.16. The number of fused-ring (bicyclic) bond motifs is 7. The highest BCUT2D eigenvalue weighted by atomic mass is 16.5. The molecule has 3 aliphatic rings. The van der Waals surface area contributed by atoms with Gasteiger partial charge >= 0.3 is 5.97 Å². The first-order valence-corrected chi connectivity index (χ1v) is 7.08. The molecular weight excluding hydrogens is 248 g/mol. The van der Waals surface area contributed by atoms with Crippen LogP contribution in [-0.2, 0) is 14.9 Å². The van der Waals surface area contributed by atoms with Gasteiger partial charge in [-0.1, -0.05) is 48.5 Å². The fourth-order valence-corrected chi connectivity index (χ4v) is 4.97. The molecule has 0 heterocycles. The van der Waals surface area contributed by atoms with Crippen molar-refractivity contribution in [1.82, 2.24) is 0 Å². The van der Waals surface area contributed by atoms with Gasteiger partial charge in [0.15, 0.2) is 0 Å². The van der Waals surface area contributed by atoms with Crippen molar-refractivity contribution in [3.8, 4) is 0 Å². The first-order chi connectivity index (χ1) is 9.81. The summed E-state index contributed by atoms with van der Waals surface area (Å²) in [5, 5.41) is 0. The summed E-state index contributed by atoms with van der Waals surface area (Å²) in [5.41, 5.74) is 4.88. The monoisotopic (exact) mass is 262 g/mol. The Morgan fingerprint density at radius 1 is 1.00 bits per heavy atom. The Hall–Kier alpha value is -2.09. The molecule has 0 aromatic heterocycles. The van der Waals surface area contributed by atoms with Crippen molar-refractivity contribution >= 4 is 5.97 Å². The lowest BCUT2D eigenvalue weighted by molar-refractivity contribution is -0.144. The zero-order chi connectivity index (χ0) is 13.5. The maximum atomic E-state index is 12.5. The van der Waals surface area contributed by atoms with Gasteiger partial charge in [-0.15, -0.1) is 0 Å². The van der Waals surface area contributed by atoms with Gasteiger partial charge in [-0.2, -0.15) is 0 Å². The quantitative estimate of drug-likeness (QED) is 0.739. The third-order valence-corrected chi connectivity index (χ3v) is 5.56. The SMILES string of the molecule is COC(=O)[C@]12c3ccccc3C3c4ccccc4C1C32. The molecule has 20 heavy (non-hydrogen) atoms. The van der Waals surface area contributed by atoms with Gasteiger partial charge < -0.3 is 4.74 Å². The van der Waals surface area contributed by atoms with Crippen LogP contribution < -0.4 is 0 Å². The highest BCUT2D eigenvalue weighted by Crippen LogP contribution is 2.81. The topological polar surface area (TPSA) is 26.3 Å². The summed E-state index contributed by atoms with van der Waals surface area (Å²) in [5.74, 6) is 1.03. The van der Waals surface area contributed by atoms with Crippen LogP contribution >= 0.6 is 0 Å². The largest absolute Gasteiger partial charge is 0.468 e. The van der Waals surface area contributed by atoms with Crippen LogP contribution in [-0.4, -0.2) is 13.1 Å². The van der Waals surface area contributed by atoms with Gasteiger partial charge in [0.1, 0.15) is 5.41 Å². The van der Waals surface area contributed by atoms with E-state index in [4.69, 9.17) is 4.74 Å². The maximum Gasteiger partial charge on any atom is 0.317 e. The standard InChI is InChI=1S/C18H14O2/c1-20-17(19)18-13-9-5-4-8-12(13)14-10-6-2-3-7-11(10)15(18)16(14)18/h2-9,14-16H,1H3/t14?,15?,16?,18-/m1/s1. The molecule has 4 atom stereocenters. The minimum absolute atomic E-state index is 0.0584. The smallest absolute Gasteiger partial charge is 0.317 e. The Balaban J connectivity index is 1.84. The van der Waals surface area contributed by atoms with Gasteiger partial charge in [0.05, 0.1) is 7.11 Å². The first kappa shape index (κ1) is 10.7. The van der Waals surface area contributed by atoms with E-state index >= 15 is 0 Å². The molecule has 2 heteroatoms. The normalized spacial score (nSPS) is 34.1. The van der Waals surface area contributed by atoms with E-state index in [9.17, 15) is 4.79 Å². The van der Waals surface area contributed by atoms with Gasteiger partial charge in [0, 0.05) is 11.8 Å².